The summed E-state index contributed by atoms with van der Waals surface area (Å²) in [5, 5.41) is 3.68. The Morgan fingerprint density at radius 1 is 1.07 bits per heavy atom. The number of hydrogen-bond donors (Lipinski definition) is 3. The van der Waals surface area contributed by atoms with Crippen LogP contribution in [-0.4, -0.2) is 73.5 Å². The van der Waals surface area contributed by atoms with Gasteiger partial charge in [0.2, 0.25) is 11.8 Å². The van der Waals surface area contributed by atoms with Crippen LogP contribution in [0.15, 0.2) is 48.8 Å². The van der Waals surface area contributed by atoms with Gasteiger partial charge in [-0.1, -0.05) is 25.0 Å². The van der Waals surface area contributed by atoms with Crippen molar-refractivity contribution < 1.29 is 28.7 Å². The first-order valence-corrected chi connectivity index (χ1v) is 17.2. The smallest absolute Gasteiger partial charge is 0.329 e. The first-order valence-electron chi connectivity index (χ1n) is 14.5. The third kappa shape index (κ3) is 6.15. The van der Waals surface area contributed by atoms with Crippen LogP contribution in [0.3, 0.4) is 0 Å². The van der Waals surface area contributed by atoms with Crippen molar-refractivity contribution in [2.75, 3.05) is 13.1 Å². The highest BCUT2D eigenvalue weighted by molar-refractivity contribution is 7.50. The molecule has 1 aromatic carbocycles. The Morgan fingerprint density at radius 3 is 2.69 bits per heavy atom. The lowest BCUT2D eigenvalue weighted by atomic mass is 9.99. The summed E-state index contributed by atoms with van der Waals surface area (Å²) in [4.78, 5) is 68.0. The van der Waals surface area contributed by atoms with Gasteiger partial charge in [-0.2, -0.15) is 0 Å². The number of likely N-dealkylation sites (tertiary alicyclic amines) is 1. The quantitative estimate of drug-likeness (QED) is 0.358. The van der Waals surface area contributed by atoms with Gasteiger partial charge in [0.15, 0.2) is 0 Å². The Kier molecular flexibility index (Phi) is 8.20. The summed E-state index contributed by atoms with van der Waals surface area (Å²) in [7, 11) is -4.21. The number of carbonyl (C=O) groups is 3. The molecule has 6 rings (SSSR count). The number of thiophene rings is 1. The van der Waals surface area contributed by atoms with Crippen molar-refractivity contribution in [3.8, 4) is 0 Å². The molecule has 3 N–H and O–H groups in total. The van der Waals surface area contributed by atoms with Gasteiger partial charge in [-0.25, -0.2) is 0 Å². The van der Waals surface area contributed by atoms with Gasteiger partial charge < -0.3 is 24.9 Å². The number of nitrogens with one attached hydrogen (secondary N) is 1. The molecule has 0 aliphatic carbocycles. The van der Waals surface area contributed by atoms with Gasteiger partial charge in [-0.05, 0) is 72.9 Å². The summed E-state index contributed by atoms with van der Waals surface area (Å²) in [6.45, 7) is 1.28. The van der Waals surface area contributed by atoms with Crippen molar-refractivity contribution in [2.45, 2.75) is 75.2 Å². The Balaban J connectivity index is 1.16. The molecule has 42 heavy (non-hydrogen) atoms. The summed E-state index contributed by atoms with van der Waals surface area (Å²) < 4.78 is 12.2. The fourth-order valence-corrected chi connectivity index (χ4v) is 8.36. The third-order valence-corrected chi connectivity index (χ3v) is 10.7. The van der Waals surface area contributed by atoms with Crippen LogP contribution < -0.4 is 5.32 Å². The molecule has 3 saturated heterocycles. The molecule has 0 saturated carbocycles. The summed E-state index contributed by atoms with van der Waals surface area (Å²) in [5.41, 5.74) is 1.62. The Labute approximate surface area is 248 Å². The third-order valence-electron chi connectivity index (χ3n) is 8.77. The zero-order valence-corrected chi connectivity index (χ0v) is 24.9. The fraction of sp³-hybridized carbons (Fsp3) is 0.467. The molecule has 3 aliphatic rings. The Hall–Kier alpha value is -3.11. The van der Waals surface area contributed by atoms with Crippen LogP contribution in [0.4, 0.5) is 0 Å². The number of amides is 3. The molecule has 5 heterocycles. The molecular weight excluding hydrogens is 575 g/mol. The first-order chi connectivity index (χ1) is 20.2. The van der Waals surface area contributed by atoms with E-state index >= 15 is 0 Å². The summed E-state index contributed by atoms with van der Waals surface area (Å²) in [6.07, 6.45) is 8.66. The number of aromatic nitrogens is 1. The average molecular weight is 611 g/mol. The maximum Gasteiger partial charge on any atom is 0.329 e. The highest BCUT2D eigenvalue weighted by Crippen LogP contribution is 2.40. The minimum atomic E-state index is -4.21. The zero-order chi connectivity index (χ0) is 29.4. The van der Waals surface area contributed by atoms with Crippen LogP contribution in [0.25, 0.3) is 10.1 Å². The molecule has 10 nitrogen and oxygen atoms in total. The highest BCUT2D eigenvalue weighted by atomic mass is 32.1. The normalized spacial score (nSPS) is 24.9. The molecule has 4 atom stereocenters. The number of rotatable bonds is 6. The summed E-state index contributed by atoms with van der Waals surface area (Å²) >= 11 is 1.27. The second-order valence-electron chi connectivity index (χ2n) is 11.7. The average Bonchev–Trinajstić information content (AvgIpc) is 3.71. The molecule has 3 amide bonds. The second kappa shape index (κ2) is 11.9. The zero-order valence-electron chi connectivity index (χ0n) is 23.2. The van der Waals surface area contributed by atoms with Gasteiger partial charge in [0, 0.05) is 42.1 Å². The summed E-state index contributed by atoms with van der Waals surface area (Å²) in [5.74, 6) is -0.302. The lowest BCUT2D eigenvalue weighted by molar-refractivity contribution is -0.146. The maximum atomic E-state index is 14.0. The largest absolute Gasteiger partial charge is 0.340 e. The molecule has 0 radical (unpaired) electrons. The number of nitrogens with zero attached hydrogens (tertiary/aromatic N) is 3. The van der Waals surface area contributed by atoms with E-state index in [0.29, 0.717) is 36.4 Å². The van der Waals surface area contributed by atoms with E-state index in [1.165, 1.54) is 11.3 Å². The van der Waals surface area contributed by atoms with Crippen molar-refractivity contribution in [3.63, 3.8) is 0 Å². The van der Waals surface area contributed by atoms with Crippen LogP contribution in [0.2, 0.25) is 0 Å². The first kappa shape index (κ1) is 29.0. The van der Waals surface area contributed by atoms with E-state index in [1.807, 2.05) is 23.2 Å². The maximum absolute atomic E-state index is 14.0. The van der Waals surface area contributed by atoms with Crippen molar-refractivity contribution in [2.24, 2.45) is 0 Å². The van der Waals surface area contributed by atoms with E-state index in [2.05, 4.69) is 10.3 Å². The van der Waals surface area contributed by atoms with Gasteiger partial charge in [0.1, 0.15) is 12.1 Å². The topological polar surface area (TPSA) is 140 Å². The molecule has 222 valence electrons. The van der Waals surface area contributed by atoms with E-state index in [4.69, 9.17) is 0 Å². The molecule has 3 aromatic rings. The molecule has 1 unspecified atom stereocenters. The molecule has 0 spiro atoms. The number of fused-ring (bicyclic) bond motifs is 2. The van der Waals surface area contributed by atoms with Crippen molar-refractivity contribution >= 4 is 46.7 Å². The Morgan fingerprint density at radius 2 is 1.90 bits per heavy atom. The molecule has 3 aliphatic heterocycles. The van der Waals surface area contributed by atoms with E-state index < -0.39 is 19.7 Å². The lowest BCUT2D eigenvalue weighted by Gasteiger charge is -2.36. The molecule has 0 bridgehead atoms. The number of hydrogen-bond acceptors (Lipinski definition) is 6. The lowest BCUT2D eigenvalue weighted by Crippen LogP contribution is -2.56. The minimum absolute atomic E-state index is 0.000328. The van der Waals surface area contributed by atoms with Gasteiger partial charge in [0.25, 0.3) is 5.91 Å². The van der Waals surface area contributed by atoms with Crippen LogP contribution in [0.5, 0.6) is 0 Å². The number of pyridine rings is 1. The highest BCUT2D eigenvalue weighted by Gasteiger charge is 2.46. The van der Waals surface area contributed by atoms with E-state index in [0.717, 1.165) is 47.8 Å². The fourth-order valence-electron chi connectivity index (χ4n) is 6.74. The van der Waals surface area contributed by atoms with Crippen molar-refractivity contribution in [3.05, 3.63) is 64.8 Å². The monoisotopic (exact) mass is 610 g/mol. The number of benzene rings is 1. The minimum Gasteiger partial charge on any atom is -0.340 e. The SMILES string of the molecule is O=C(N[C@H]1CCCC[C@H]2CC[C@@H](C(=O)N3CCC(c4cccnc4)C3)N2C1=O)c1cc2cc(CP(=O)(O)O)ccc2s1. The summed E-state index contributed by atoms with van der Waals surface area (Å²) in [6, 6.07) is 9.53. The predicted octanol–water partition coefficient (Wildman–Crippen LogP) is 4.02. The Bertz CT molecular complexity index is 1540. The van der Waals surface area contributed by atoms with Gasteiger partial charge >= 0.3 is 7.60 Å². The number of carbonyl (C=O) groups excluding carboxylic acids is 3. The molecule has 12 heteroatoms. The van der Waals surface area contributed by atoms with Crippen LogP contribution in [0, 0.1) is 0 Å². The molecule has 3 fully saturated rings. The van der Waals surface area contributed by atoms with Crippen molar-refractivity contribution in [1.82, 2.24) is 20.1 Å². The second-order valence-corrected chi connectivity index (χ2v) is 14.4. The standard InChI is InChI=1S/C30H35N4O6PS/c35-28(27-15-22-14-19(18-41(38,39)40)7-10-26(22)42-27)32-24-6-2-1-5-23-8-9-25(34(23)29(24)36)30(37)33-13-11-21(17-33)20-4-3-12-31-16-20/h3-4,7,10,12,14-16,21,23-25H,1-2,5-6,8-9,11,13,17-18H2,(H,32,35)(H2,38,39,40)/t21?,23-,24-,25-/m0/s1. The van der Waals surface area contributed by atoms with Crippen LogP contribution in [0.1, 0.15) is 71.7 Å². The molecule has 2 aromatic heterocycles. The van der Waals surface area contributed by atoms with Crippen LogP contribution in [-0.2, 0) is 20.3 Å². The van der Waals surface area contributed by atoms with E-state index in [-0.39, 0.29) is 35.8 Å². The van der Waals surface area contributed by atoms with Gasteiger partial charge in [-0.3, -0.25) is 23.9 Å². The molecular formula is C30H35N4O6PS. The van der Waals surface area contributed by atoms with Gasteiger partial charge in [-0.15, -0.1) is 11.3 Å². The van der Waals surface area contributed by atoms with Crippen molar-refractivity contribution in [1.29, 1.82) is 0 Å². The van der Waals surface area contributed by atoms with E-state index in [9.17, 15) is 28.7 Å². The van der Waals surface area contributed by atoms with Crippen LogP contribution >= 0.6 is 18.9 Å². The predicted molar refractivity (Wildman–Crippen MR) is 159 cm³/mol. The van der Waals surface area contributed by atoms with E-state index in [1.54, 1.807) is 35.4 Å². The van der Waals surface area contributed by atoms with Gasteiger partial charge in [0.05, 0.1) is 11.0 Å².